The summed E-state index contributed by atoms with van der Waals surface area (Å²) >= 11 is 0. The third kappa shape index (κ3) is 2.22. The van der Waals surface area contributed by atoms with Crippen LogP contribution < -0.4 is 4.74 Å². The molecular formula is C16H13NO2. The first-order valence-corrected chi connectivity index (χ1v) is 6.03. The number of benzene rings is 2. The molecule has 19 heavy (non-hydrogen) atoms. The molecule has 0 atom stereocenters. The number of hydrogen-bond donors (Lipinski definition) is 0. The Kier molecular flexibility index (Phi) is 3.02. The molecule has 0 unspecified atom stereocenters. The number of hydrogen-bond acceptors (Lipinski definition) is 3. The molecule has 3 nitrogen and oxygen atoms in total. The van der Waals surface area contributed by atoms with Gasteiger partial charge in [-0.2, -0.15) is 0 Å². The third-order valence-corrected chi connectivity index (χ3v) is 2.90. The van der Waals surface area contributed by atoms with Gasteiger partial charge in [-0.15, -0.1) is 0 Å². The maximum atomic E-state index is 5.81. The molecule has 3 rings (SSSR count). The molecular weight excluding hydrogens is 238 g/mol. The normalized spacial score (nSPS) is 10.4. The Labute approximate surface area is 111 Å². The fourth-order valence-corrected chi connectivity index (χ4v) is 1.96. The Balaban J connectivity index is 2.02. The molecule has 94 valence electrons. The highest BCUT2D eigenvalue weighted by atomic mass is 16.5. The summed E-state index contributed by atoms with van der Waals surface area (Å²) in [5.74, 6) is 2.09. The van der Waals surface area contributed by atoms with Crippen molar-refractivity contribution in [1.29, 1.82) is 0 Å². The van der Waals surface area contributed by atoms with Crippen molar-refractivity contribution in [2.24, 2.45) is 0 Å². The van der Waals surface area contributed by atoms with Crippen molar-refractivity contribution in [3.63, 3.8) is 0 Å². The number of oxazole rings is 1. The Hall–Kier alpha value is -2.55. The predicted molar refractivity (Wildman–Crippen MR) is 73.9 cm³/mol. The van der Waals surface area contributed by atoms with Crippen molar-refractivity contribution >= 4 is 0 Å². The number of rotatable bonds is 3. The van der Waals surface area contributed by atoms with Gasteiger partial charge in [0.25, 0.3) is 0 Å². The Morgan fingerprint density at radius 2 is 1.68 bits per heavy atom. The van der Waals surface area contributed by atoms with Crippen LogP contribution in [0.2, 0.25) is 0 Å². The van der Waals surface area contributed by atoms with Gasteiger partial charge in [-0.3, -0.25) is 0 Å². The smallest absolute Gasteiger partial charge is 0.226 e. The number of methoxy groups -OCH3 is 1. The molecule has 0 saturated carbocycles. The molecule has 0 radical (unpaired) electrons. The van der Waals surface area contributed by atoms with Crippen LogP contribution >= 0.6 is 0 Å². The van der Waals surface area contributed by atoms with Gasteiger partial charge in [0, 0.05) is 5.56 Å². The van der Waals surface area contributed by atoms with Crippen molar-refractivity contribution in [3.8, 4) is 28.5 Å². The highest BCUT2D eigenvalue weighted by Gasteiger charge is 2.11. The quantitative estimate of drug-likeness (QED) is 0.705. The van der Waals surface area contributed by atoms with Crippen LogP contribution in [-0.2, 0) is 0 Å². The average Bonchev–Trinajstić information content (AvgIpc) is 2.98. The second-order valence-corrected chi connectivity index (χ2v) is 4.10. The number of para-hydroxylation sites is 1. The van der Waals surface area contributed by atoms with Crippen molar-refractivity contribution in [2.75, 3.05) is 7.11 Å². The van der Waals surface area contributed by atoms with E-state index in [0.717, 1.165) is 16.9 Å². The maximum absolute atomic E-state index is 5.81. The van der Waals surface area contributed by atoms with Crippen molar-refractivity contribution in [1.82, 2.24) is 4.98 Å². The van der Waals surface area contributed by atoms with Crippen molar-refractivity contribution in [3.05, 3.63) is 60.8 Å². The summed E-state index contributed by atoms with van der Waals surface area (Å²) in [6.07, 6.45) is 1.72. The second kappa shape index (κ2) is 4.98. The van der Waals surface area contributed by atoms with Gasteiger partial charge in [0.15, 0.2) is 5.76 Å². The minimum Gasteiger partial charge on any atom is -0.496 e. The van der Waals surface area contributed by atoms with E-state index in [1.807, 2.05) is 54.6 Å². The average molecular weight is 251 g/mol. The molecule has 2 aromatic carbocycles. The number of nitrogens with zero attached hydrogens (tertiary/aromatic N) is 1. The molecule has 1 aromatic heterocycles. The molecule has 3 heteroatoms. The van der Waals surface area contributed by atoms with Gasteiger partial charge in [0.05, 0.1) is 18.9 Å². The molecule has 0 saturated heterocycles. The van der Waals surface area contributed by atoms with Crippen LogP contribution in [0.1, 0.15) is 0 Å². The van der Waals surface area contributed by atoms with Crippen molar-refractivity contribution in [2.45, 2.75) is 0 Å². The number of ether oxygens (including phenoxy) is 1. The zero-order chi connectivity index (χ0) is 13.1. The lowest BCUT2D eigenvalue weighted by Gasteiger charge is -2.04. The monoisotopic (exact) mass is 251 g/mol. The topological polar surface area (TPSA) is 35.3 Å². The van der Waals surface area contributed by atoms with E-state index in [4.69, 9.17) is 9.15 Å². The molecule has 0 bridgehead atoms. The van der Waals surface area contributed by atoms with Gasteiger partial charge >= 0.3 is 0 Å². The third-order valence-electron chi connectivity index (χ3n) is 2.90. The largest absolute Gasteiger partial charge is 0.496 e. The summed E-state index contributed by atoms with van der Waals surface area (Å²) in [5.41, 5.74) is 1.86. The zero-order valence-corrected chi connectivity index (χ0v) is 10.5. The van der Waals surface area contributed by atoms with Crippen molar-refractivity contribution < 1.29 is 9.15 Å². The summed E-state index contributed by atoms with van der Waals surface area (Å²) in [6.45, 7) is 0. The van der Waals surface area contributed by atoms with E-state index in [1.165, 1.54) is 0 Å². The van der Waals surface area contributed by atoms with E-state index in [9.17, 15) is 0 Å². The molecule has 0 N–H and O–H groups in total. The number of aromatic nitrogens is 1. The van der Waals surface area contributed by atoms with Gasteiger partial charge < -0.3 is 9.15 Å². The Morgan fingerprint density at radius 3 is 2.47 bits per heavy atom. The Morgan fingerprint density at radius 1 is 0.947 bits per heavy atom. The lowest BCUT2D eigenvalue weighted by molar-refractivity contribution is 0.415. The van der Waals surface area contributed by atoms with Crippen LogP contribution in [0.3, 0.4) is 0 Å². The second-order valence-electron chi connectivity index (χ2n) is 4.10. The molecule has 0 aliphatic carbocycles. The fraction of sp³-hybridized carbons (Fsp3) is 0.0625. The standard InChI is InChI=1S/C16H13NO2/c1-18-14-10-6-5-9-13(14)15-11-17-16(19-15)12-7-3-2-4-8-12/h2-11H,1H3. The van der Waals surface area contributed by atoms with Gasteiger partial charge in [-0.1, -0.05) is 30.3 Å². The van der Waals surface area contributed by atoms with Gasteiger partial charge in [0.1, 0.15) is 5.75 Å². The van der Waals surface area contributed by atoms with E-state index >= 15 is 0 Å². The van der Waals surface area contributed by atoms with Crippen LogP contribution in [0, 0.1) is 0 Å². The van der Waals surface area contributed by atoms with Gasteiger partial charge in [-0.25, -0.2) is 4.98 Å². The molecule has 0 fully saturated rings. The minimum atomic E-state index is 0.613. The summed E-state index contributed by atoms with van der Waals surface area (Å²) in [4.78, 5) is 4.32. The van der Waals surface area contributed by atoms with Gasteiger partial charge in [0.2, 0.25) is 5.89 Å². The summed E-state index contributed by atoms with van der Waals surface area (Å²) in [5, 5.41) is 0. The first-order valence-electron chi connectivity index (χ1n) is 6.03. The summed E-state index contributed by atoms with van der Waals surface area (Å²) in [6, 6.07) is 17.6. The van der Waals surface area contributed by atoms with Crippen LogP contribution in [0.25, 0.3) is 22.8 Å². The minimum absolute atomic E-state index is 0.613. The molecule has 1 heterocycles. The fourth-order valence-electron chi connectivity index (χ4n) is 1.96. The summed E-state index contributed by atoms with van der Waals surface area (Å²) in [7, 11) is 1.65. The van der Waals surface area contributed by atoms with Gasteiger partial charge in [-0.05, 0) is 24.3 Å². The zero-order valence-electron chi connectivity index (χ0n) is 10.5. The maximum Gasteiger partial charge on any atom is 0.226 e. The molecule has 3 aromatic rings. The molecule has 0 amide bonds. The van der Waals surface area contributed by atoms with E-state index in [1.54, 1.807) is 13.3 Å². The first kappa shape index (κ1) is 11.5. The van der Waals surface area contributed by atoms with Crippen LogP contribution in [0.15, 0.2) is 65.2 Å². The van der Waals surface area contributed by atoms with E-state index in [2.05, 4.69) is 4.98 Å². The lowest BCUT2D eigenvalue weighted by atomic mass is 10.1. The highest BCUT2D eigenvalue weighted by Crippen LogP contribution is 2.32. The first-order chi connectivity index (χ1) is 9.38. The van der Waals surface area contributed by atoms with E-state index < -0.39 is 0 Å². The molecule has 0 aliphatic rings. The molecule has 0 spiro atoms. The molecule has 0 aliphatic heterocycles. The Bertz CT molecular complexity index is 674. The highest BCUT2D eigenvalue weighted by molar-refractivity contribution is 5.67. The van der Waals surface area contributed by atoms with E-state index in [0.29, 0.717) is 11.7 Å². The SMILES string of the molecule is COc1ccccc1-c1cnc(-c2ccccc2)o1. The van der Waals surface area contributed by atoms with E-state index in [-0.39, 0.29) is 0 Å². The van der Waals surface area contributed by atoms with Crippen LogP contribution in [-0.4, -0.2) is 12.1 Å². The lowest BCUT2D eigenvalue weighted by Crippen LogP contribution is -1.85. The summed E-state index contributed by atoms with van der Waals surface area (Å²) < 4.78 is 11.1. The van der Waals surface area contributed by atoms with Crippen LogP contribution in [0.5, 0.6) is 5.75 Å². The van der Waals surface area contributed by atoms with Crippen LogP contribution in [0.4, 0.5) is 0 Å². The predicted octanol–water partition coefficient (Wildman–Crippen LogP) is 4.02.